The molecule has 2 aromatic rings. The van der Waals surface area contributed by atoms with Gasteiger partial charge in [-0.15, -0.1) is 12.4 Å². The normalized spacial score (nSPS) is 15.8. The van der Waals surface area contributed by atoms with Gasteiger partial charge >= 0.3 is 6.18 Å². The van der Waals surface area contributed by atoms with Crippen LogP contribution in [0.4, 0.5) is 26.3 Å². The molecule has 4 nitrogen and oxygen atoms in total. The highest BCUT2D eigenvalue weighted by atomic mass is 35.5. The molecule has 0 radical (unpaired) electrons. The number of hydrogen-bond donors (Lipinski definition) is 1. The van der Waals surface area contributed by atoms with E-state index in [0.29, 0.717) is 37.2 Å². The van der Waals surface area contributed by atoms with Gasteiger partial charge in [-0.25, -0.2) is 17.9 Å². The van der Waals surface area contributed by atoms with Crippen molar-refractivity contribution < 1.29 is 31.1 Å². The van der Waals surface area contributed by atoms with Gasteiger partial charge in [-0.1, -0.05) is 12.8 Å². The summed E-state index contributed by atoms with van der Waals surface area (Å²) in [4.78, 5) is 0. The maximum absolute atomic E-state index is 13.8. The fraction of sp³-hybridized carbons (Fsp3) is 0.526. The van der Waals surface area contributed by atoms with Crippen LogP contribution in [0.1, 0.15) is 36.9 Å². The highest BCUT2D eigenvalue weighted by molar-refractivity contribution is 5.85. The van der Waals surface area contributed by atoms with Crippen LogP contribution in [0.15, 0.2) is 18.2 Å². The Labute approximate surface area is 176 Å². The minimum atomic E-state index is -4.40. The quantitative estimate of drug-likeness (QED) is 0.462. The smallest absolute Gasteiger partial charge is 0.396 e. The van der Waals surface area contributed by atoms with Crippen LogP contribution < -0.4 is 10.1 Å². The Morgan fingerprint density at radius 1 is 1.07 bits per heavy atom. The number of nitrogens with one attached hydrogen (secondary N) is 1. The molecule has 1 aromatic carbocycles. The predicted molar refractivity (Wildman–Crippen MR) is 99.8 cm³/mol. The molecule has 30 heavy (non-hydrogen) atoms. The Balaban J connectivity index is 0.00000320. The van der Waals surface area contributed by atoms with Crippen LogP contribution >= 0.6 is 12.4 Å². The first-order valence-corrected chi connectivity index (χ1v) is 9.19. The summed E-state index contributed by atoms with van der Waals surface area (Å²) in [7, 11) is 1.66. The summed E-state index contributed by atoms with van der Waals surface area (Å²) in [5.41, 5.74) is -1.71. The van der Waals surface area contributed by atoms with E-state index >= 15 is 0 Å². The van der Waals surface area contributed by atoms with Crippen molar-refractivity contribution in [2.45, 2.75) is 51.6 Å². The molecule has 0 unspecified atom stereocenters. The molecule has 1 aliphatic carbocycles. The van der Waals surface area contributed by atoms with Crippen molar-refractivity contribution in [3.63, 3.8) is 0 Å². The molecule has 1 saturated carbocycles. The number of hydrogen-bond acceptors (Lipinski definition) is 3. The molecule has 1 fully saturated rings. The number of nitrogens with zero attached hydrogens (tertiary/aromatic N) is 2. The topological polar surface area (TPSA) is 39.1 Å². The minimum Gasteiger partial charge on any atom is -0.473 e. The average Bonchev–Trinajstić information content (AvgIpc) is 3.25. The summed E-state index contributed by atoms with van der Waals surface area (Å²) in [6, 6.07) is 2.51. The monoisotopic (exact) mass is 457 g/mol. The summed E-state index contributed by atoms with van der Waals surface area (Å²) in [5.74, 6) is -3.57. The molecule has 0 atom stereocenters. The molecule has 11 heteroatoms. The number of alkyl halides is 3. The Kier molecular flexibility index (Phi) is 7.68. The molecular weight excluding hydrogens is 436 g/mol. The second-order valence-corrected chi connectivity index (χ2v) is 7.29. The van der Waals surface area contributed by atoms with Gasteiger partial charge in [0, 0.05) is 24.2 Å². The van der Waals surface area contributed by atoms with Gasteiger partial charge in [-0.3, -0.25) is 0 Å². The zero-order valence-corrected chi connectivity index (χ0v) is 17.0. The van der Waals surface area contributed by atoms with Crippen molar-refractivity contribution in [3.8, 4) is 5.88 Å². The predicted octanol–water partition coefficient (Wildman–Crippen LogP) is 5.14. The number of aromatic nitrogens is 2. The molecule has 0 aliphatic heterocycles. The van der Waals surface area contributed by atoms with Crippen LogP contribution in [0.5, 0.6) is 5.88 Å². The zero-order valence-electron chi connectivity index (χ0n) is 16.2. The Morgan fingerprint density at radius 3 is 2.30 bits per heavy atom. The van der Waals surface area contributed by atoms with Crippen LogP contribution in [0.25, 0.3) is 0 Å². The van der Waals surface area contributed by atoms with E-state index in [-0.39, 0.29) is 36.7 Å². The van der Waals surface area contributed by atoms with E-state index in [0.717, 1.165) is 4.68 Å². The largest absolute Gasteiger partial charge is 0.473 e. The molecule has 168 valence electrons. The molecule has 0 saturated heterocycles. The number of rotatable bonds is 7. The molecule has 1 N–H and O–H groups in total. The lowest BCUT2D eigenvalue weighted by Crippen LogP contribution is -2.39. The number of benzene rings is 1. The van der Waals surface area contributed by atoms with E-state index < -0.39 is 42.2 Å². The third kappa shape index (κ3) is 5.03. The highest BCUT2D eigenvalue weighted by Gasteiger charge is 2.56. The summed E-state index contributed by atoms with van der Waals surface area (Å²) < 4.78 is 88.1. The van der Waals surface area contributed by atoms with E-state index in [2.05, 4.69) is 10.4 Å². The van der Waals surface area contributed by atoms with Crippen LogP contribution in [-0.4, -0.2) is 23.0 Å². The first-order valence-electron chi connectivity index (χ1n) is 9.19. The van der Waals surface area contributed by atoms with E-state index in [1.165, 1.54) is 6.07 Å². The molecule has 3 rings (SSSR count). The first-order chi connectivity index (χ1) is 13.6. The van der Waals surface area contributed by atoms with Crippen molar-refractivity contribution in [1.82, 2.24) is 15.1 Å². The number of ether oxygens (including phenoxy) is 1. The van der Waals surface area contributed by atoms with E-state index in [1.54, 1.807) is 7.05 Å². The Hall–Kier alpha value is -1.94. The van der Waals surface area contributed by atoms with Crippen molar-refractivity contribution in [2.75, 3.05) is 7.05 Å². The van der Waals surface area contributed by atoms with Crippen molar-refractivity contribution in [2.24, 2.45) is 5.41 Å². The molecule has 0 bridgehead atoms. The highest BCUT2D eigenvalue weighted by Crippen LogP contribution is 2.51. The summed E-state index contributed by atoms with van der Waals surface area (Å²) >= 11 is 0. The Morgan fingerprint density at radius 2 is 1.70 bits per heavy atom. The van der Waals surface area contributed by atoms with Crippen LogP contribution in [0.3, 0.4) is 0 Å². The lowest BCUT2D eigenvalue weighted by atomic mass is 9.85. The van der Waals surface area contributed by atoms with Crippen LogP contribution in [0.2, 0.25) is 0 Å². The van der Waals surface area contributed by atoms with Crippen molar-refractivity contribution >= 4 is 12.4 Å². The molecule has 0 amide bonds. The standard InChI is InChI=1S/C19H21F6N3O.ClH/c1-26-9-13-7-17(29-10-12-6-15(21)16(22)8-14(12)20)28(27-13)11-18(19(23,24)25)4-2-3-5-18;/h6-8,26H,2-5,9-11H2,1H3;1H. The van der Waals surface area contributed by atoms with Gasteiger partial charge in [0.15, 0.2) is 11.6 Å². The number of halogens is 7. The van der Waals surface area contributed by atoms with Crippen molar-refractivity contribution in [3.05, 3.63) is 46.9 Å². The SMILES string of the molecule is CNCc1cc(OCc2cc(F)c(F)cc2F)n(CC2(C(F)(F)F)CCCC2)n1.Cl. The lowest BCUT2D eigenvalue weighted by Gasteiger charge is -2.31. The second-order valence-electron chi connectivity index (χ2n) is 7.29. The summed E-state index contributed by atoms with van der Waals surface area (Å²) in [6.45, 7) is -0.607. The fourth-order valence-corrected chi connectivity index (χ4v) is 3.64. The van der Waals surface area contributed by atoms with Crippen LogP contribution in [0, 0.1) is 22.9 Å². The van der Waals surface area contributed by atoms with Gasteiger partial charge in [0.2, 0.25) is 5.88 Å². The summed E-state index contributed by atoms with van der Waals surface area (Å²) in [5, 5.41) is 7.04. The first kappa shape index (κ1) is 24.3. The maximum atomic E-state index is 13.8. The van der Waals surface area contributed by atoms with Gasteiger partial charge in [-0.05, 0) is 26.0 Å². The second kappa shape index (κ2) is 9.47. The fourth-order valence-electron chi connectivity index (χ4n) is 3.64. The van der Waals surface area contributed by atoms with Crippen molar-refractivity contribution in [1.29, 1.82) is 0 Å². The summed E-state index contributed by atoms with van der Waals surface area (Å²) in [6.07, 6.45) is -3.47. The zero-order chi connectivity index (χ0) is 21.2. The van der Waals surface area contributed by atoms with Gasteiger partial charge in [0.1, 0.15) is 12.4 Å². The van der Waals surface area contributed by atoms with Gasteiger partial charge in [-0.2, -0.15) is 18.3 Å². The third-order valence-electron chi connectivity index (χ3n) is 5.23. The molecule has 1 aromatic heterocycles. The maximum Gasteiger partial charge on any atom is 0.396 e. The lowest BCUT2D eigenvalue weighted by molar-refractivity contribution is -0.228. The van der Waals surface area contributed by atoms with Crippen LogP contribution in [-0.2, 0) is 19.7 Å². The van der Waals surface area contributed by atoms with E-state index in [1.807, 2.05) is 0 Å². The third-order valence-corrected chi connectivity index (χ3v) is 5.23. The molecule has 0 spiro atoms. The van der Waals surface area contributed by atoms with Gasteiger partial charge in [0.05, 0.1) is 17.7 Å². The van der Waals surface area contributed by atoms with Gasteiger partial charge in [0.25, 0.3) is 0 Å². The molecular formula is C19H22ClF6N3O. The Bertz CT molecular complexity index is 865. The average molecular weight is 458 g/mol. The minimum absolute atomic E-state index is 0. The van der Waals surface area contributed by atoms with Gasteiger partial charge < -0.3 is 10.1 Å². The van der Waals surface area contributed by atoms with E-state index in [9.17, 15) is 26.3 Å². The molecule has 1 heterocycles. The molecule has 1 aliphatic rings. The van der Waals surface area contributed by atoms with E-state index in [4.69, 9.17) is 4.74 Å².